The molecule has 2 atom stereocenters. The van der Waals surface area contributed by atoms with E-state index in [9.17, 15) is 29.0 Å². The molecule has 2 aromatic heterocycles. The number of aliphatic hydroxyl groups excluding tert-OH is 2. The minimum Gasteiger partial charge on any atom is -0.397 e. The van der Waals surface area contributed by atoms with Gasteiger partial charge in [-0.25, -0.2) is 9.37 Å². The maximum absolute atomic E-state index is 14.5. The first-order chi connectivity index (χ1) is 20.6. The summed E-state index contributed by atoms with van der Waals surface area (Å²) in [5, 5.41) is 23.5. The summed E-state index contributed by atoms with van der Waals surface area (Å²) in [7, 11) is 1.66. The second-order valence-corrected chi connectivity index (χ2v) is 10.8. The number of nitrogen functional groups attached to an aromatic ring is 1. The number of hydrogen-bond acceptors (Lipinski definition) is 8. The third-order valence-electron chi connectivity index (χ3n) is 7.85. The molecule has 12 nitrogen and oxygen atoms in total. The highest BCUT2D eigenvalue weighted by atomic mass is 19.1. The number of aromatic nitrogens is 3. The van der Waals surface area contributed by atoms with Gasteiger partial charge in [0.2, 0.25) is 5.91 Å². The maximum atomic E-state index is 14.5. The van der Waals surface area contributed by atoms with Crippen molar-refractivity contribution in [1.82, 2.24) is 25.2 Å². The molecule has 1 saturated heterocycles. The number of benzene rings is 2. The van der Waals surface area contributed by atoms with Crippen LogP contribution < -0.4 is 16.6 Å². The van der Waals surface area contributed by atoms with E-state index in [1.165, 1.54) is 12.1 Å². The van der Waals surface area contributed by atoms with Gasteiger partial charge in [0, 0.05) is 32.3 Å². The van der Waals surface area contributed by atoms with Gasteiger partial charge in [0.25, 0.3) is 11.5 Å². The van der Waals surface area contributed by atoms with Gasteiger partial charge in [-0.1, -0.05) is 6.07 Å². The third kappa shape index (κ3) is 6.69. The van der Waals surface area contributed by atoms with Crippen LogP contribution in [0.4, 0.5) is 10.1 Å². The Balaban J connectivity index is 1.16. The zero-order chi connectivity index (χ0) is 30.7. The Morgan fingerprint density at radius 3 is 2.67 bits per heavy atom. The van der Waals surface area contributed by atoms with Crippen LogP contribution in [-0.4, -0.2) is 86.9 Å². The molecule has 0 unspecified atom stereocenters. The van der Waals surface area contributed by atoms with Gasteiger partial charge in [-0.2, -0.15) is 0 Å². The molecule has 0 aliphatic carbocycles. The van der Waals surface area contributed by atoms with E-state index in [2.05, 4.69) is 20.3 Å². The number of carbonyl (C=O) groups excluding carboxylic acids is 2. The van der Waals surface area contributed by atoms with Gasteiger partial charge in [-0.05, 0) is 56.0 Å². The van der Waals surface area contributed by atoms with E-state index in [0.29, 0.717) is 29.7 Å². The van der Waals surface area contributed by atoms with Crippen LogP contribution in [0.5, 0.6) is 0 Å². The van der Waals surface area contributed by atoms with Crippen molar-refractivity contribution in [1.29, 1.82) is 0 Å². The molecule has 3 heterocycles. The van der Waals surface area contributed by atoms with E-state index >= 15 is 0 Å². The Morgan fingerprint density at radius 1 is 1.16 bits per heavy atom. The number of piperidine rings is 1. The summed E-state index contributed by atoms with van der Waals surface area (Å²) in [5.74, 6) is -0.990. The van der Waals surface area contributed by atoms with Crippen LogP contribution >= 0.6 is 0 Å². The van der Waals surface area contributed by atoms with E-state index in [1.807, 2.05) is 0 Å². The lowest BCUT2D eigenvalue weighted by Gasteiger charge is -2.32. The van der Waals surface area contributed by atoms with Gasteiger partial charge in [0.15, 0.2) is 0 Å². The number of nitrogens with two attached hydrogens (primary N) is 1. The van der Waals surface area contributed by atoms with Crippen LogP contribution in [0.25, 0.3) is 33.3 Å². The second kappa shape index (κ2) is 12.9. The molecule has 2 aromatic carbocycles. The monoisotopic (exact) mass is 594 g/mol. The number of fused-ring (bicyclic) bond motifs is 2. The zero-order valence-electron chi connectivity index (χ0n) is 23.7. The number of aliphatic hydroxyl groups is 2. The summed E-state index contributed by atoms with van der Waals surface area (Å²) >= 11 is 0. The number of aromatic amines is 2. The zero-order valence-corrected chi connectivity index (χ0v) is 23.7. The van der Waals surface area contributed by atoms with E-state index in [-0.39, 0.29) is 65.8 Å². The lowest BCUT2D eigenvalue weighted by atomic mass is 10.0. The van der Waals surface area contributed by atoms with Gasteiger partial charge in [-0.15, -0.1) is 0 Å². The minimum absolute atomic E-state index is 0.00617. The molecular weight excluding hydrogens is 559 g/mol. The molecule has 0 radical (unpaired) electrons. The number of anilines is 1. The summed E-state index contributed by atoms with van der Waals surface area (Å²) in [6.07, 6.45) is -0.0973. The number of amides is 2. The van der Waals surface area contributed by atoms with Gasteiger partial charge >= 0.3 is 0 Å². The fourth-order valence-electron chi connectivity index (χ4n) is 5.48. The number of ether oxygens (including phenoxy) is 1. The fraction of sp³-hybridized carbons (Fsp3) is 0.400. The molecule has 5 rings (SSSR count). The number of pyridine rings is 1. The summed E-state index contributed by atoms with van der Waals surface area (Å²) in [5.41, 5.74) is 7.12. The number of nitrogens with one attached hydrogen (secondary N) is 3. The molecule has 228 valence electrons. The van der Waals surface area contributed by atoms with Crippen LogP contribution in [0.2, 0.25) is 0 Å². The van der Waals surface area contributed by atoms with Crippen LogP contribution in [0, 0.1) is 5.82 Å². The SMILES string of the molecule is COC1CCN(C(=O)C[C@H](O)C[C@H](O)CCNC(=O)c2ccc3nc(-c4c(N)c5c(F)cccc5[nH]c4=O)[nH]c3c2)CC1. The molecule has 13 heteroatoms. The lowest BCUT2D eigenvalue weighted by Crippen LogP contribution is -2.42. The smallest absolute Gasteiger partial charge is 0.261 e. The number of carbonyl (C=O) groups is 2. The van der Waals surface area contributed by atoms with Crippen molar-refractivity contribution in [2.24, 2.45) is 0 Å². The van der Waals surface area contributed by atoms with Crippen molar-refractivity contribution < 1.29 is 28.9 Å². The van der Waals surface area contributed by atoms with Crippen LogP contribution in [0.1, 0.15) is 42.5 Å². The molecule has 1 aliphatic heterocycles. The van der Waals surface area contributed by atoms with Crippen LogP contribution in [0.3, 0.4) is 0 Å². The average molecular weight is 595 g/mol. The molecule has 2 amide bonds. The van der Waals surface area contributed by atoms with E-state index in [0.717, 1.165) is 12.8 Å². The van der Waals surface area contributed by atoms with Gasteiger partial charge < -0.3 is 40.9 Å². The van der Waals surface area contributed by atoms with Crippen LogP contribution in [0.15, 0.2) is 41.2 Å². The van der Waals surface area contributed by atoms with E-state index in [4.69, 9.17) is 10.5 Å². The second-order valence-electron chi connectivity index (χ2n) is 10.8. The minimum atomic E-state index is -0.990. The predicted octanol–water partition coefficient (Wildman–Crippen LogP) is 2.05. The number of halogens is 1. The first-order valence-electron chi connectivity index (χ1n) is 14.2. The van der Waals surface area contributed by atoms with Crippen molar-refractivity contribution >= 4 is 39.4 Å². The number of methoxy groups -OCH3 is 1. The number of imidazole rings is 1. The Morgan fingerprint density at radius 2 is 1.93 bits per heavy atom. The molecule has 0 spiro atoms. The lowest BCUT2D eigenvalue weighted by molar-refractivity contribution is -0.135. The molecule has 43 heavy (non-hydrogen) atoms. The molecule has 0 bridgehead atoms. The Kier molecular flexibility index (Phi) is 9.04. The predicted molar refractivity (Wildman–Crippen MR) is 159 cm³/mol. The first-order valence-corrected chi connectivity index (χ1v) is 14.2. The summed E-state index contributed by atoms with van der Waals surface area (Å²) in [4.78, 5) is 49.7. The highest BCUT2D eigenvalue weighted by molar-refractivity contribution is 6.00. The Labute approximate surface area is 246 Å². The number of hydrogen-bond donors (Lipinski definition) is 6. The largest absolute Gasteiger partial charge is 0.397 e. The highest BCUT2D eigenvalue weighted by Crippen LogP contribution is 2.30. The highest BCUT2D eigenvalue weighted by Gasteiger charge is 2.25. The summed E-state index contributed by atoms with van der Waals surface area (Å²) in [6.45, 7) is 1.31. The van der Waals surface area contributed by atoms with Gasteiger partial charge in [0.05, 0.1) is 52.4 Å². The third-order valence-corrected chi connectivity index (χ3v) is 7.85. The summed E-state index contributed by atoms with van der Waals surface area (Å²) in [6, 6.07) is 9.02. The van der Waals surface area contributed by atoms with Crippen molar-refractivity contribution in [2.45, 2.75) is 50.4 Å². The molecule has 0 saturated carbocycles. The molecule has 1 aliphatic rings. The number of likely N-dealkylation sites (tertiary alicyclic amines) is 1. The van der Waals surface area contributed by atoms with Crippen molar-refractivity contribution in [3.05, 3.63) is 58.1 Å². The number of rotatable bonds is 10. The first kappa shape index (κ1) is 30.1. The standard InChI is InChI=1S/C30H35FN6O6/c1-43-19-8-11-37(12-9-19)24(40)15-18(39)14-17(38)7-10-33-29(41)16-5-6-21-23(13-16)35-28(34-21)26-27(32)25-20(31)3-2-4-22(25)36-30(26)42/h2-6,13,17-19,38-39H,7-12,14-15H2,1H3,(H,33,41)(H,34,35)(H3,32,36,42)/t17-,18-/m1/s1. The quantitative estimate of drug-likeness (QED) is 0.161. The molecule has 1 fully saturated rings. The molecule has 7 N–H and O–H groups in total. The number of nitrogens with zero attached hydrogens (tertiary/aromatic N) is 2. The average Bonchev–Trinajstić information content (AvgIpc) is 3.39. The Hall–Kier alpha value is -4.33. The van der Waals surface area contributed by atoms with Crippen molar-refractivity contribution in [2.75, 3.05) is 32.5 Å². The van der Waals surface area contributed by atoms with E-state index in [1.54, 1.807) is 36.3 Å². The topological polar surface area (TPSA) is 187 Å². The van der Waals surface area contributed by atoms with Crippen molar-refractivity contribution in [3.63, 3.8) is 0 Å². The van der Waals surface area contributed by atoms with Gasteiger partial charge in [0.1, 0.15) is 17.2 Å². The maximum Gasteiger partial charge on any atom is 0.261 e. The van der Waals surface area contributed by atoms with Gasteiger partial charge in [-0.3, -0.25) is 14.4 Å². The van der Waals surface area contributed by atoms with E-state index < -0.39 is 29.5 Å². The summed E-state index contributed by atoms with van der Waals surface area (Å²) < 4.78 is 19.8. The fourth-order valence-corrected chi connectivity index (χ4v) is 5.48. The normalized spacial score (nSPS) is 15.6. The molecular formula is C30H35FN6O6. The van der Waals surface area contributed by atoms with Crippen LogP contribution in [-0.2, 0) is 9.53 Å². The Bertz CT molecular complexity index is 1700. The molecule has 4 aromatic rings. The van der Waals surface area contributed by atoms with Crippen molar-refractivity contribution in [3.8, 4) is 11.4 Å². The number of H-pyrrole nitrogens is 2.